The zero-order valence-electron chi connectivity index (χ0n) is 20.9. The maximum Gasteiger partial charge on any atom is 0.211 e. The van der Waals surface area contributed by atoms with Gasteiger partial charge in [-0.3, -0.25) is 10.1 Å². The fraction of sp³-hybridized carbons (Fsp3) is 0.346. The number of nitrogens with zero attached hydrogens (tertiary/aromatic N) is 5. The Morgan fingerprint density at radius 1 is 1.08 bits per heavy atom. The predicted molar refractivity (Wildman–Crippen MR) is 148 cm³/mol. The molecule has 0 aliphatic carbocycles. The highest BCUT2D eigenvalue weighted by Gasteiger charge is 2.49. The number of ether oxygens (including phenoxy) is 1. The molecule has 1 atom stereocenters. The molecule has 3 aromatic heterocycles. The summed E-state index contributed by atoms with van der Waals surface area (Å²) in [4.78, 5) is 10.9. The van der Waals surface area contributed by atoms with E-state index in [1.165, 1.54) is 6.26 Å². The molecule has 9 nitrogen and oxygen atoms in total. The van der Waals surface area contributed by atoms with Crippen LogP contribution in [0.5, 0.6) is 5.75 Å². The third-order valence-electron chi connectivity index (χ3n) is 7.41. The van der Waals surface area contributed by atoms with Gasteiger partial charge in [-0.1, -0.05) is 23.2 Å². The average Bonchev–Trinajstić information content (AvgIpc) is 3.48. The van der Waals surface area contributed by atoms with Gasteiger partial charge < -0.3 is 9.64 Å². The number of aromatic nitrogens is 4. The number of halogens is 2. The first kappa shape index (κ1) is 25.4. The van der Waals surface area contributed by atoms with E-state index in [1.54, 1.807) is 16.7 Å². The molecule has 1 unspecified atom stereocenters. The molecular weight excluding hydrogens is 547 g/mol. The van der Waals surface area contributed by atoms with Crippen LogP contribution in [0, 0.1) is 5.41 Å². The number of nitrogens with one attached hydrogen (secondary N) is 1. The molecule has 0 saturated carbocycles. The predicted octanol–water partition coefficient (Wildman–Crippen LogP) is 4.94. The molecule has 0 amide bonds. The van der Waals surface area contributed by atoms with Crippen molar-refractivity contribution in [3.63, 3.8) is 0 Å². The van der Waals surface area contributed by atoms with Crippen molar-refractivity contribution in [3.05, 3.63) is 64.5 Å². The number of sulfonamides is 1. The summed E-state index contributed by atoms with van der Waals surface area (Å²) in [5.74, 6) is 1.53. The van der Waals surface area contributed by atoms with Gasteiger partial charge in [-0.2, -0.15) is 5.10 Å². The lowest BCUT2D eigenvalue weighted by atomic mass is 9.79. The number of hydrogen-bond donors (Lipinski definition) is 1. The summed E-state index contributed by atoms with van der Waals surface area (Å²) in [5.41, 5.74) is 3.25. The molecule has 38 heavy (non-hydrogen) atoms. The van der Waals surface area contributed by atoms with E-state index in [9.17, 15) is 8.42 Å². The first-order chi connectivity index (χ1) is 18.1. The molecule has 2 aliphatic rings. The van der Waals surface area contributed by atoms with Gasteiger partial charge in [0.05, 0.1) is 21.8 Å². The number of rotatable bonds is 6. The summed E-state index contributed by atoms with van der Waals surface area (Å²) in [6, 6.07) is 9.73. The molecule has 1 aromatic carbocycles. The van der Waals surface area contributed by atoms with Crippen LogP contribution in [-0.2, 0) is 10.0 Å². The quantitative estimate of drug-likeness (QED) is 0.349. The number of anilines is 1. The SMILES string of the molecule is CC(Oc1ccc2[nH]nc(-c3ccc(N4CC5(CCN(S(C)(=O)=O)C5)C4)nc3)c2c1)c1c(Cl)cncc1Cl. The minimum Gasteiger partial charge on any atom is -0.486 e. The van der Waals surface area contributed by atoms with Crippen molar-refractivity contribution in [1.82, 2.24) is 24.5 Å². The molecule has 0 radical (unpaired) electrons. The Balaban J connectivity index is 1.18. The number of H-pyrrole nitrogens is 1. The number of hydrogen-bond acceptors (Lipinski definition) is 7. The first-order valence-electron chi connectivity index (χ1n) is 12.2. The standard InChI is InChI=1S/C26H26Cl2N6O3S/c1-16(24-20(27)11-29-12-21(24)28)37-18-4-5-22-19(9-18)25(32-31-22)17-3-6-23(30-10-17)33-13-26(14-33)7-8-34(15-26)38(2,35)36/h3-6,9-12,16H,7-8,13-15H2,1-2H3,(H,31,32). The lowest BCUT2D eigenvalue weighted by molar-refractivity contribution is 0.227. The summed E-state index contributed by atoms with van der Waals surface area (Å²) in [6.07, 6.45) is 6.71. The van der Waals surface area contributed by atoms with Crippen LogP contribution in [0.2, 0.25) is 10.0 Å². The number of fused-ring (bicyclic) bond motifs is 1. The van der Waals surface area contributed by atoms with Crippen molar-refractivity contribution in [1.29, 1.82) is 0 Å². The summed E-state index contributed by atoms with van der Waals surface area (Å²) < 4.78 is 31.5. The Bertz CT molecular complexity index is 1600. The van der Waals surface area contributed by atoms with Gasteiger partial charge >= 0.3 is 0 Å². The van der Waals surface area contributed by atoms with E-state index < -0.39 is 10.0 Å². The number of pyridine rings is 2. The smallest absolute Gasteiger partial charge is 0.211 e. The highest BCUT2D eigenvalue weighted by atomic mass is 35.5. The van der Waals surface area contributed by atoms with Crippen molar-refractivity contribution in [2.45, 2.75) is 19.4 Å². The van der Waals surface area contributed by atoms with Crippen molar-refractivity contribution in [2.75, 3.05) is 37.3 Å². The van der Waals surface area contributed by atoms with Gasteiger partial charge in [-0.15, -0.1) is 0 Å². The van der Waals surface area contributed by atoms with Crippen LogP contribution in [0.3, 0.4) is 0 Å². The van der Waals surface area contributed by atoms with Crippen LogP contribution < -0.4 is 9.64 Å². The van der Waals surface area contributed by atoms with Gasteiger partial charge in [-0.05, 0) is 43.7 Å². The maximum atomic E-state index is 11.9. The van der Waals surface area contributed by atoms with E-state index in [-0.39, 0.29) is 11.5 Å². The molecule has 2 saturated heterocycles. The Labute approximate surface area is 230 Å². The minimum absolute atomic E-state index is 0.0279. The van der Waals surface area contributed by atoms with Crippen LogP contribution in [0.25, 0.3) is 22.2 Å². The molecule has 6 rings (SSSR count). The third kappa shape index (κ3) is 4.59. The second-order valence-corrected chi connectivity index (χ2v) is 13.0. The Kier molecular flexibility index (Phi) is 6.26. The van der Waals surface area contributed by atoms with Crippen molar-refractivity contribution >= 4 is 49.9 Å². The van der Waals surface area contributed by atoms with E-state index in [1.807, 2.05) is 43.5 Å². The molecule has 5 heterocycles. The third-order valence-corrected chi connectivity index (χ3v) is 9.27. The molecular formula is C26H26Cl2N6O3S. The van der Waals surface area contributed by atoms with Gasteiger partial charge in [0, 0.05) is 66.7 Å². The minimum atomic E-state index is -3.14. The Morgan fingerprint density at radius 3 is 2.50 bits per heavy atom. The fourth-order valence-corrected chi connectivity index (χ4v) is 7.04. The van der Waals surface area contributed by atoms with Gasteiger partial charge in [0.1, 0.15) is 23.4 Å². The summed E-state index contributed by atoms with van der Waals surface area (Å²) >= 11 is 12.6. The van der Waals surface area contributed by atoms with Crippen LogP contribution in [0.1, 0.15) is 25.0 Å². The lowest BCUT2D eigenvalue weighted by Crippen LogP contribution is -2.58. The van der Waals surface area contributed by atoms with Crippen LogP contribution in [-0.4, -0.2) is 65.3 Å². The van der Waals surface area contributed by atoms with Crippen molar-refractivity contribution < 1.29 is 13.2 Å². The first-order valence-corrected chi connectivity index (χ1v) is 14.8. The highest BCUT2D eigenvalue weighted by molar-refractivity contribution is 7.88. The van der Waals surface area contributed by atoms with Crippen LogP contribution >= 0.6 is 23.2 Å². The zero-order chi connectivity index (χ0) is 26.7. The summed E-state index contributed by atoms with van der Waals surface area (Å²) in [7, 11) is -3.14. The largest absolute Gasteiger partial charge is 0.486 e. The van der Waals surface area contributed by atoms with E-state index in [0.29, 0.717) is 34.4 Å². The van der Waals surface area contributed by atoms with Gasteiger partial charge in [0.2, 0.25) is 10.0 Å². The van der Waals surface area contributed by atoms with Crippen molar-refractivity contribution in [3.8, 4) is 17.0 Å². The van der Waals surface area contributed by atoms with Gasteiger partial charge in [-0.25, -0.2) is 17.7 Å². The molecule has 12 heteroatoms. The van der Waals surface area contributed by atoms with Crippen LogP contribution in [0.4, 0.5) is 5.82 Å². The second kappa shape index (κ2) is 9.37. The zero-order valence-corrected chi connectivity index (χ0v) is 23.2. The van der Waals surface area contributed by atoms with E-state index >= 15 is 0 Å². The molecule has 2 aliphatic heterocycles. The Morgan fingerprint density at radius 2 is 1.84 bits per heavy atom. The molecule has 198 valence electrons. The van der Waals surface area contributed by atoms with E-state index in [0.717, 1.165) is 47.5 Å². The molecule has 1 spiro atoms. The molecule has 2 fully saturated rings. The summed E-state index contributed by atoms with van der Waals surface area (Å²) in [6.45, 7) is 4.68. The lowest BCUT2D eigenvalue weighted by Gasteiger charge is -2.48. The fourth-order valence-electron chi connectivity index (χ4n) is 5.43. The monoisotopic (exact) mass is 572 g/mol. The highest BCUT2D eigenvalue weighted by Crippen LogP contribution is 2.42. The summed E-state index contributed by atoms with van der Waals surface area (Å²) in [5, 5.41) is 9.42. The van der Waals surface area contributed by atoms with Crippen LogP contribution in [0.15, 0.2) is 48.9 Å². The van der Waals surface area contributed by atoms with E-state index in [2.05, 4.69) is 25.1 Å². The molecule has 0 bridgehead atoms. The average molecular weight is 574 g/mol. The molecule has 1 N–H and O–H groups in total. The normalized spacial score (nSPS) is 18.2. The Hall–Kier alpha value is -2.92. The molecule has 4 aromatic rings. The van der Waals surface area contributed by atoms with Crippen molar-refractivity contribution in [2.24, 2.45) is 5.41 Å². The number of benzene rings is 1. The van der Waals surface area contributed by atoms with Gasteiger partial charge in [0.25, 0.3) is 0 Å². The second-order valence-electron chi connectivity index (χ2n) is 10.2. The maximum absolute atomic E-state index is 11.9. The van der Waals surface area contributed by atoms with E-state index in [4.69, 9.17) is 27.9 Å². The van der Waals surface area contributed by atoms with Gasteiger partial charge in [0.15, 0.2) is 0 Å². The topological polar surface area (TPSA) is 104 Å². The number of aromatic amines is 1.